The predicted molar refractivity (Wildman–Crippen MR) is 400 cm³/mol. The maximum atomic E-state index is 13.1. The summed E-state index contributed by atoms with van der Waals surface area (Å²) < 4.78 is 68.6. The van der Waals surface area contributed by atoms with Crippen molar-refractivity contribution in [1.29, 1.82) is 0 Å². The Morgan fingerprint density at radius 2 is 0.520 bits per heavy atom. The van der Waals surface area contributed by atoms with E-state index in [2.05, 4.69) is 48.5 Å². The molecule has 0 amide bonds. The van der Waals surface area contributed by atoms with Crippen molar-refractivity contribution in [2.24, 2.45) is 17.8 Å². The molecule has 0 spiro atoms. The third-order valence-electron chi connectivity index (χ3n) is 18.7. The minimum absolute atomic E-state index is 0.107. The summed E-state index contributed by atoms with van der Waals surface area (Å²) in [5.74, 6) is 0.202. The molecule has 0 aromatic rings. The van der Waals surface area contributed by atoms with Gasteiger partial charge < -0.3 is 33.8 Å². The fourth-order valence-corrected chi connectivity index (χ4v) is 13.7. The van der Waals surface area contributed by atoms with Gasteiger partial charge in [-0.3, -0.25) is 37.3 Å². The van der Waals surface area contributed by atoms with Crippen molar-refractivity contribution in [3.05, 3.63) is 0 Å². The number of hydrogen-bond acceptors (Lipinski definition) is 15. The molecule has 3 unspecified atom stereocenters. The Bertz CT molecular complexity index is 1910. The summed E-state index contributed by atoms with van der Waals surface area (Å²) in [6.07, 6.45) is 56.9. The normalized spacial score (nSPS) is 14.3. The van der Waals surface area contributed by atoms with Crippen molar-refractivity contribution in [2.75, 3.05) is 39.6 Å². The third kappa shape index (κ3) is 71.1. The highest BCUT2D eigenvalue weighted by molar-refractivity contribution is 7.47. The van der Waals surface area contributed by atoms with E-state index in [9.17, 15) is 43.2 Å². The van der Waals surface area contributed by atoms with Crippen LogP contribution in [0.2, 0.25) is 0 Å². The molecule has 98 heavy (non-hydrogen) atoms. The van der Waals surface area contributed by atoms with Crippen molar-refractivity contribution in [3.8, 4) is 0 Å². The highest BCUT2D eigenvalue weighted by Gasteiger charge is 2.30. The number of carbonyl (C=O) groups excluding carboxylic acids is 4. The number of phosphoric acid groups is 2. The summed E-state index contributed by atoms with van der Waals surface area (Å²) in [6.45, 7) is 11.9. The van der Waals surface area contributed by atoms with Gasteiger partial charge in [-0.05, 0) is 43.4 Å². The van der Waals surface area contributed by atoms with Crippen LogP contribution in [0.3, 0.4) is 0 Å². The Morgan fingerprint density at radius 3 is 0.776 bits per heavy atom. The number of hydrogen-bond donors (Lipinski definition) is 3. The highest BCUT2D eigenvalue weighted by Crippen LogP contribution is 2.45. The quantitative estimate of drug-likeness (QED) is 0.0222. The summed E-state index contributed by atoms with van der Waals surface area (Å²) in [6, 6.07) is 0. The van der Waals surface area contributed by atoms with Crippen molar-refractivity contribution in [2.45, 2.75) is 426 Å². The standard InChI is InChI=1S/C79H154O17P2/c1-8-10-11-12-13-14-15-16-17-23-29-34-39-48-55-63-79(84)96-75(67-90-77(82)61-54-47-42-41-44-51-58-71(5)6)69-94-98(87,88)92-65-73(80)64-91-97(85,86)93-68-74(66-89-76(81)60-53-46-38-33-28-25-20-21-26-31-36-43-50-57-70(3)4)95-78(83)62-56-49-40-35-30-24-19-18-22-27-32-37-45-52-59-72(7)9-2/h70-75,80H,8-69H2,1-7H3,(H,85,86)(H,87,88)/t72?,73-,74-,75-/m1/s1. The molecule has 0 radical (unpaired) electrons. The zero-order chi connectivity index (χ0) is 72.3. The van der Waals surface area contributed by atoms with Gasteiger partial charge in [0, 0.05) is 25.7 Å². The molecule has 0 aromatic carbocycles. The van der Waals surface area contributed by atoms with Crippen LogP contribution >= 0.6 is 15.6 Å². The Balaban J connectivity index is 5.24. The van der Waals surface area contributed by atoms with Gasteiger partial charge in [-0.2, -0.15) is 0 Å². The molecule has 0 saturated heterocycles. The van der Waals surface area contributed by atoms with Crippen LogP contribution in [0, 0.1) is 17.8 Å². The van der Waals surface area contributed by atoms with E-state index in [-0.39, 0.29) is 25.7 Å². The minimum atomic E-state index is -4.96. The second-order valence-electron chi connectivity index (χ2n) is 29.6. The molecule has 0 rings (SSSR count). The molecule has 0 aromatic heterocycles. The van der Waals surface area contributed by atoms with Crippen LogP contribution in [0.5, 0.6) is 0 Å². The lowest BCUT2D eigenvalue weighted by molar-refractivity contribution is -0.161. The second-order valence-corrected chi connectivity index (χ2v) is 32.6. The summed E-state index contributed by atoms with van der Waals surface area (Å²) in [5, 5.41) is 10.6. The molecule has 0 aliphatic heterocycles. The average Bonchev–Trinajstić information content (AvgIpc) is 1.16. The minimum Gasteiger partial charge on any atom is -0.462 e. The lowest BCUT2D eigenvalue weighted by Crippen LogP contribution is -2.30. The first-order valence-electron chi connectivity index (χ1n) is 40.9. The zero-order valence-electron chi connectivity index (χ0n) is 64.3. The Labute approximate surface area is 600 Å². The SMILES string of the molecule is CCCCCCCCCCCCCCCCCC(=O)O[C@H](COC(=O)CCCCCCCCC(C)C)COP(=O)(O)OC[C@H](O)COP(=O)(O)OC[C@@H](COC(=O)CCCCCCCCCCCCCCCC(C)C)OC(=O)CCCCCCCCCCCCCCCCC(C)CC. The number of ether oxygens (including phenoxy) is 4. The lowest BCUT2D eigenvalue weighted by atomic mass is 9.99. The molecule has 0 heterocycles. The maximum absolute atomic E-state index is 13.1. The van der Waals surface area contributed by atoms with Gasteiger partial charge in [0.15, 0.2) is 12.2 Å². The molecule has 0 aliphatic carbocycles. The number of carbonyl (C=O) groups is 4. The lowest BCUT2D eigenvalue weighted by Gasteiger charge is -2.21. The van der Waals surface area contributed by atoms with Crippen molar-refractivity contribution >= 4 is 39.5 Å². The zero-order valence-corrected chi connectivity index (χ0v) is 66.0. The molecule has 0 fully saturated rings. The first-order valence-corrected chi connectivity index (χ1v) is 43.9. The van der Waals surface area contributed by atoms with Crippen LogP contribution in [0.4, 0.5) is 0 Å². The van der Waals surface area contributed by atoms with E-state index in [1.165, 1.54) is 212 Å². The van der Waals surface area contributed by atoms with Crippen LogP contribution in [0.15, 0.2) is 0 Å². The Kier molecular flexibility index (Phi) is 68.1. The molecule has 582 valence electrons. The van der Waals surface area contributed by atoms with Gasteiger partial charge in [-0.15, -0.1) is 0 Å². The Morgan fingerprint density at radius 1 is 0.296 bits per heavy atom. The predicted octanol–water partition coefficient (Wildman–Crippen LogP) is 23.4. The number of aliphatic hydroxyl groups is 1. The Hall–Kier alpha value is -1.94. The smallest absolute Gasteiger partial charge is 0.462 e. The van der Waals surface area contributed by atoms with Gasteiger partial charge in [-0.1, -0.05) is 357 Å². The van der Waals surface area contributed by atoms with E-state index in [4.69, 9.17) is 37.0 Å². The van der Waals surface area contributed by atoms with Gasteiger partial charge in [-0.25, -0.2) is 9.13 Å². The van der Waals surface area contributed by atoms with Crippen LogP contribution in [-0.4, -0.2) is 96.7 Å². The fourth-order valence-electron chi connectivity index (χ4n) is 12.1. The van der Waals surface area contributed by atoms with E-state index in [0.717, 1.165) is 108 Å². The van der Waals surface area contributed by atoms with Crippen LogP contribution in [-0.2, 0) is 65.4 Å². The monoisotopic (exact) mass is 1440 g/mol. The highest BCUT2D eigenvalue weighted by atomic mass is 31.2. The van der Waals surface area contributed by atoms with Crippen LogP contribution in [0.1, 0.15) is 408 Å². The molecule has 0 bridgehead atoms. The first kappa shape index (κ1) is 96.1. The van der Waals surface area contributed by atoms with Gasteiger partial charge >= 0.3 is 39.5 Å². The summed E-state index contributed by atoms with van der Waals surface area (Å²) >= 11 is 0. The summed E-state index contributed by atoms with van der Waals surface area (Å²) in [5.41, 5.74) is 0. The van der Waals surface area contributed by atoms with Crippen LogP contribution in [0.25, 0.3) is 0 Å². The number of unbranched alkanes of at least 4 members (excludes halogenated alkanes) is 44. The fraction of sp³-hybridized carbons (Fsp3) is 0.949. The molecule has 17 nitrogen and oxygen atoms in total. The molecular weight excluding hydrogens is 1280 g/mol. The van der Waals surface area contributed by atoms with E-state index in [1.807, 2.05) is 0 Å². The first-order chi connectivity index (χ1) is 47.3. The third-order valence-corrected chi connectivity index (χ3v) is 20.6. The van der Waals surface area contributed by atoms with Crippen molar-refractivity contribution < 1.29 is 80.2 Å². The molecule has 6 atom stereocenters. The largest absolute Gasteiger partial charge is 0.472 e. The second kappa shape index (κ2) is 69.4. The average molecular weight is 1440 g/mol. The van der Waals surface area contributed by atoms with E-state index < -0.39 is 97.5 Å². The van der Waals surface area contributed by atoms with E-state index in [1.54, 1.807) is 0 Å². The summed E-state index contributed by atoms with van der Waals surface area (Å²) in [4.78, 5) is 72.9. The summed E-state index contributed by atoms with van der Waals surface area (Å²) in [7, 11) is -9.92. The van der Waals surface area contributed by atoms with E-state index >= 15 is 0 Å². The van der Waals surface area contributed by atoms with Crippen LogP contribution < -0.4 is 0 Å². The number of aliphatic hydroxyl groups excluding tert-OH is 1. The molecule has 19 heteroatoms. The number of rotatable bonds is 77. The van der Waals surface area contributed by atoms with Crippen molar-refractivity contribution in [3.63, 3.8) is 0 Å². The van der Waals surface area contributed by atoms with Crippen molar-refractivity contribution in [1.82, 2.24) is 0 Å². The molecular formula is C79H154O17P2. The molecule has 0 aliphatic rings. The number of phosphoric ester groups is 2. The number of esters is 4. The van der Waals surface area contributed by atoms with Gasteiger partial charge in [0.05, 0.1) is 26.4 Å². The molecule has 0 saturated carbocycles. The maximum Gasteiger partial charge on any atom is 0.472 e. The van der Waals surface area contributed by atoms with E-state index in [0.29, 0.717) is 31.6 Å². The van der Waals surface area contributed by atoms with Gasteiger partial charge in [0.2, 0.25) is 0 Å². The topological polar surface area (TPSA) is 237 Å². The van der Waals surface area contributed by atoms with Gasteiger partial charge in [0.1, 0.15) is 19.3 Å². The van der Waals surface area contributed by atoms with Gasteiger partial charge in [0.25, 0.3) is 0 Å². The molecule has 3 N–H and O–H groups in total.